The molecule has 2 aromatic carbocycles. The molecule has 0 atom stereocenters. The van der Waals surface area contributed by atoms with Crippen molar-refractivity contribution in [2.24, 2.45) is 0 Å². The van der Waals surface area contributed by atoms with E-state index in [0.717, 1.165) is 4.90 Å². The fourth-order valence-electron chi connectivity index (χ4n) is 2.33. The van der Waals surface area contributed by atoms with Crippen LogP contribution in [0.4, 0.5) is 5.69 Å². The molecule has 0 saturated heterocycles. The molecule has 0 heterocycles. The van der Waals surface area contributed by atoms with E-state index in [4.69, 9.17) is 0 Å². The van der Waals surface area contributed by atoms with Crippen molar-refractivity contribution in [3.05, 3.63) is 71.8 Å². The van der Waals surface area contributed by atoms with E-state index in [-0.39, 0.29) is 11.8 Å². The first-order chi connectivity index (χ1) is 12.5. The van der Waals surface area contributed by atoms with E-state index in [1.165, 1.54) is 11.1 Å². The molecule has 26 heavy (non-hydrogen) atoms. The number of anilines is 1. The van der Waals surface area contributed by atoms with Crippen molar-refractivity contribution in [1.82, 2.24) is 5.32 Å². The average molecular weight is 369 g/mol. The Morgan fingerprint density at radius 3 is 2.62 bits per heavy atom. The summed E-state index contributed by atoms with van der Waals surface area (Å²) in [6.07, 6.45) is 1.99. The standard InChI is InChI=1S/C21H24N2O2S/c1-4-12-22-21(25)18-7-5-6-8-19(18)23-20(24)11-13-26-17-10-9-15(2)16(3)14-17/h4-10,14H,1,11-13H2,2-3H3,(H,22,25)(H,23,24). The van der Waals surface area contributed by atoms with Crippen molar-refractivity contribution in [2.75, 3.05) is 17.6 Å². The highest BCUT2D eigenvalue weighted by Gasteiger charge is 2.12. The van der Waals surface area contributed by atoms with E-state index < -0.39 is 0 Å². The molecule has 0 bridgehead atoms. The van der Waals surface area contributed by atoms with Crippen LogP contribution in [0.3, 0.4) is 0 Å². The zero-order valence-electron chi connectivity index (χ0n) is 15.2. The smallest absolute Gasteiger partial charge is 0.253 e. The molecular weight excluding hydrogens is 344 g/mol. The van der Waals surface area contributed by atoms with Gasteiger partial charge in [0.25, 0.3) is 5.91 Å². The lowest BCUT2D eigenvalue weighted by Crippen LogP contribution is -2.25. The van der Waals surface area contributed by atoms with Crippen LogP contribution in [0.1, 0.15) is 27.9 Å². The number of thioether (sulfide) groups is 1. The molecule has 0 saturated carbocycles. The minimum atomic E-state index is -0.231. The number of para-hydroxylation sites is 1. The summed E-state index contributed by atoms with van der Waals surface area (Å²) in [5, 5.41) is 5.56. The van der Waals surface area contributed by atoms with Gasteiger partial charge in [-0.15, -0.1) is 18.3 Å². The Labute approximate surface area is 159 Å². The summed E-state index contributed by atoms with van der Waals surface area (Å²) < 4.78 is 0. The molecule has 2 aromatic rings. The second kappa shape index (κ2) is 9.82. The van der Waals surface area contributed by atoms with Gasteiger partial charge in [0.1, 0.15) is 0 Å². The first kappa shape index (κ1) is 19.8. The fraction of sp³-hybridized carbons (Fsp3) is 0.238. The number of aryl methyl sites for hydroxylation is 2. The van der Waals surface area contributed by atoms with Crippen molar-refractivity contribution in [3.63, 3.8) is 0 Å². The summed E-state index contributed by atoms with van der Waals surface area (Å²) in [6, 6.07) is 13.3. The molecule has 2 N–H and O–H groups in total. The van der Waals surface area contributed by atoms with Crippen LogP contribution in [0.25, 0.3) is 0 Å². The van der Waals surface area contributed by atoms with Gasteiger partial charge in [-0.3, -0.25) is 9.59 Å². The van der Waals surface area contributed by atoms with Crippen molar-refractivity contribution in [1.29, 1.82) is 0 Å². The van der Waals surface area contributed by atoms with Crippen LogP contribution in [-0.4, -0.2) is 24.1 Å². The Morgan fingerprint density at radius 2 is 1.88 bits per heavy atom. The Bertz CT molecular complexity index is 802. The highest BCUT2D eigenvalue weighted by molar-refractivity contribution is 7.99. The number of rotatable bonds is 8. The van der Waals surface area contributed by atoms with Crippen molar-refractivity contribution >= 4 is 29.3 Å². The van der Waals surface area contributed by atoms with E-state index >= 15 is 0 Å². The first-order valence-corrected chi connectivity index (χ1v) is 9.48. The summed E-state index contributed by atoms with van der Waals surface area (Å²) in [6.45, 7) is 8.13. The quantitative estimate of drug-likeness (QED) is 0.538. The summed E-state index contributed by atoms with van der Waals surface area (Å²) in [5.41, 5.74) is 3.48. The van der Waals surface area contributed by atoms with Crippen LogP contribution in [0.2, 0.25) is 0 Å². The lowest BCUT2D eigenvalue weighted by atomic mass is 10.1. The molecule has 5 heteroatoms. The molecule has 2 rings (SSSR count). The summed E-state index contributed by atoms with van der Waals surface area (Å²) >= 11 is 1.65. The number of amides is 2. The molecule has 0 aliphatic rings. The minimum absolute atomic E-state index is 0.106. The summed E-state index contributed by atoms with van der Waals surface area (Å²) in [5.74, 6) is 0.342. The Balaban J connectivity index is 1.90. The molecule has 4 nitrogen and oxygen atoms in total. The zero-order chi connectivity index (χ0) is 18.9. The number of carbonyl (C=O) groups excluding carboxylic acids is 2. The van der Waals surface area contributed by atoms with Crippen molar-refractivity contribution in [3.8, 4) is 0 Å². The fourth-order valence-corrected chi connectivity index (χ4v) is 3.28. The highest BCUT2D eigenvalue weighted by Crippen LogP contribution is 2.22. The van der Waals surface area contributed by atoms with Crippen molar-refractivity contribution in [2.45, 2.75) is 25.2 Å². The molecule has 2 amide bonds. The lowest BCUT2D eigenvalue weighted by Gasteiger charge is -2.11. The Morgan fingerprint density at radius 1 is 1.12 bits per heavy atom. The predicted molar refractivity (Wildman–Crippen MR) is 109 cm³/mol. The molecule has 0 aliphatic heterocycles. The van der Waals surface area contributed by atoms with Crippen LogP contribution in [0.15, 0.2) is 60.0 Å². The molecule has 0 unspecified atom stereocenters. The number of carbonyl (C=O) groups is 2. The molecule has 136 valence electrons. The maximum atomic E-state index is 12.2. The van der Waals surface area contributed by atoms with Crippen LogP contribution in [-0.2, 0) is 4.79 Å². The molecular formula is C21H24N2O2S. The first-order valence-electron chi connectivity index (χ1n) is 8.49. The topological polar surface area (TPSA) is 58.2 Å². The van der Waals surface area contributed by atoms with E-state index in [0.29, 0.717) is 30.0 Å². The predicted octanol–water partition coefficient (Wildman–Crippen LogP) is 4.34. The van der Waals surface area contributed by atoms with E-state index in [1.54, 1.807) is 42.1 Å². The third-order valence-corrected chi connectivity index (χ3v) is 4.92. The lowest BCUT2D eigenvalue weighted by molar-refractivity contribution is -0.115. The Kier molecular flexibility index (Phi) is 7.48. The van der Waals surface area contributed by atoms with Gasteiger partial charge >= 0.3 is 0 Å². The third kappa shape index (κ3) is 5.77. The average Bonchev–Trinajstić information content (AvgIpc) is 2.63. The van der Waals surface area contributed by atoms with Crippen molar-refractivity contribution < 1.29 is 9.59 Å². The molecule has 0 aliphatic carbocycles. The Hall–Kier alpha value is -2.53. The second-order valence-electron chi connectivity index (χ2n) is 5.94. The summed E-state index contributed by atoms with van der Waals surface area (Å²) in [7, 11) is 0. The van der Waals surface area contributed by atoms with Gasteiger partial charge in [0.05, 0.1) is 11.3 Å². The summed E-state index contributed by atoms with van der Waals surface area (Å²) in [4.78, 5) is 25.5. The highest BCUT2D eigenvalue weighted by atomic mass is 32.2. The molecule has 0 radical (unpaired) electrons. The maximum absolute atomic E-state index is 12.2. The zero-order valence-corrected chi connectivity index (χ0v) is 16.0. The normalized spacial score (nSPS) is 10.2. The van der Waals surface area contributed by atoms with Crippen LogP contribution < -0.4 is 10.6 Å². The van der Waals surface area contributed by atoms with E-state index in [2.05, 4.69) is 49.3 Å². The SMILES string of the molecule is C=CCNC(=O)c1ccccc1NC(=O)CCSc1ccc(C)c(C)c1. The molecule has 0 fully saturated rings. The largest absolute Gasteiger partial charge is 0.349 e. The monoisotopic (exact) mass is 368 g/mol. The van der Waals surface area contributed by atoms with Crippen LogP contribution in [0.5, 0.6) is 0 Å². The third-order valence-electron chi connectivity index (χ3n) is 3.93. The van der Waals surface area contributed by atoms with Gasteiger partial charge in [0.2, 0.25) is 5.91 Å². The molecule has 0 spiro atoms. The number of nitrogens with one attached hydrogen (secondary N) is 2. The number of hydrogen-bond donors (Lipinski definition) is 2. The van der Waals surface area contributed by atoms with Gasteiger partial charge < -0.3 is 10.6 Å². The van der Waals surface area contributed by atoms with Gasteiger partial charge in [-0.2, -0.15) is 0 Å². The second-order valence-corrected chi connectivity index (χ2v) is 7.11. The molecule has 0 aromatic heterocycles. The van der Waals surface area contributed by atoms with Crippen LogP contribution >= 0.6 is 11.8 Å². The van der Waals surface area contributed by atoms with E-state index in [1.807, 2.05) is 0 Å². The van der Waals surface area contributed by atoms with Gasteiger partial charge in [0.15, 0.2) is 0 Å². The van der Waals surface area contributed by atoms with Gasteiger partial charge in [0, 0.05) is 23.6 Å². The van der Waals surface area contributed by atoms with E-state index in [9.17, 15) is 9.59 Å². The number of hydrogen-bond acceptors (Lipinski definition) is 3. The maximum Gasteiger partial charge on any atom is 0.253 e. The van der Waals surface area contributed by atoms with Crippen LogP contribution in [0, 0.1) is 13.8 Å². The van der Waals surface area contributed by atoms with Gasteiger partial charge in [-0.25, -0.2) is 0 Å². The number of benzene rings is 2. The minimum Gasteiger partial charge on any atom is -0.349 e. The van der Waals surface area contributed by atoms with Gasteiger partial charge in [-0.1, -0.05) is 24.3 Å². The van der Waals surface area contributed by atoms with Gasteiger partial charge in [-0.05, 0) is 49.2 Å².